The third-order valence-electron chi connectivity index (χ3n) is 9.13. The molecule has 0 N–H and O–H groups in total. The maximum absolute atomic E-state index is 2.72. The van der Waals surface area contributed by atoms with Gasteiger partial charge in [0.25, 0.3) is 0 Å². The second kappa shape index (κ2) is 13.6. The Hall–Kier alpha value is -2.31. The van der Waals surface area contributed by atoms with Crippen LogP contribution in [0.5, 0.6) is 0 Å². The zero-order chi connectivity index (χ0) is 29.6. The van der Waals surface area contributed by atoms with Crippen molar-refractivity contribution >= 4 is 3.21 Å². The smallest absolute Gasteiger partial charge is 1.00 e. The van der Waals surface area contributed by atoms with E-state index in [0.717, 1.165) is 12.8 Å². The van der Waals surface area contributed by atoms with Crippen LogP contribution >= 0.6 is 0 Å². The van der Waals surface area contributed by atoms with Crippen molar-refractivity contribution < 1.29 is 46.1 Å². The van der Waals surface area contributed by atoms with Crippen molar-refractivity contribution in [3.63, 3.8) is 0 Å². The molecule has 0 bridgehead atoms. The van der Waals surface area contributed by atoms with E-state index < -0.39 is 21.3 Å². The summed E-state index contributed by atoms with van der Waals surface area (Å²) in [5, 5.41) is 0. The molecule has 226 valence electrons. The molecular weight excluding hydrogens is 655 g/mol. The van der Waals surface area contributed by atoms with Gasteiger partial charge in [-0.15, -0.1) is 0 Å². The van der Waals surface area contributed by atoms with Gasteiger partial charge in [-0.05, 0) is 0 Å². The Morgan fingerprint density at radius 1 is 0.659 bits per heavy atom. The van der Waals surface area contributed by atoms with Crippen LogP contribution in [-0.4, -0.2) is 3.21 Å². The molecule has 0 aliphatic heterocycles. The summed E-state index contributed by atoms with van der Waals surface area (Å²) in [4.78, 5) is 0. The molecule has 44 heavy (non-hydrogen) atoms. The molecule has 0 amide bonds. The Bertz CT molecular complexity index is 1620. The van der Waals surface area contributed by atoms with Gasteiger partial charge >= 0.3 is 263 Å². The largest absolute Gasteiger partial charge is 1.00 e. The third-order valence-corrected chi connectivity index (χ3v) is 17.4. The number of allylic oxidation sites excluding steroid dienone is 4. The molecule has 3 heteroatoms. The molecule has 6 rings (SSSR count). The number of halogens is 2. The van der Waals surface area contributed by atoms with Crippen LogP contribution in [0.3, 0.4) is 0 Å². The van der Waals surface area contributed by atoms with Crippen molar-refractivity contribution in [2.24, 2.45) is 0 Å². The maximum atomic E-state index is 2.61. The average Bonchev–Trinajstić information content (AvgIpc) is 3.58. The Labute approximate surface area is 285 Å². The van der Waals surface area contributed by atoms with E-state index in [1.165, 1.54) is 39.0 Å². The van der Waals surface area contributed by atoms with E-state index in [1.807, 2.05) is 0 Å². The van der Waals surface area contributed by atoms with Crippen LogP contribution < -0.4 is 24.8 Å². The quantitative estimate of drug-likeness (QED) is 0.279. The molecule has 0 saturated heterocycles. The molecule has 4 aromatic carbocycles. The van der Waals surface area contributed by atoms with Crippen molar-refractivity contribution in [3.05, 3.63) is 151 Å². The standard InChI is InChI=1S/C21H25.C13H10.C7H9.2ClH.Zr/c1-20(2,3)16-7-9-18-14(12-16)11-15-13-17(21(4,5)6)8-10-19(15)18;1-3-7-12(8-4-1)11-13-9-5-2-6-10-13;1-2-7-5-3-4-6-7;;;/h7-13H,1-6H3;1-10H;5-6H,2-3H2,1H3;2*1H;/q;;;;;+2/p-2. The molecule has 0 saturated carbocycles. The van der Waals surface area contributed by atoms with Crippen molar-refractivity contribution in [1.29, 1.82) is 0 Å². The van der Waals surface area contributed by atoms with Gasteiger partial charge in [-0.3, -0.25) is 0 Å². The van der Waals surface area contributed by atoms with Crippen LogP contribution in [0.15, 0.2) is 118 Å². The Morgan fingerprint density at radius 3 is 1.50 bits per heavy atom. The van der Waals surface area contributed by atoms with Gasteiger partial charge in [-0.25, -0.2) is 0 Å². The second-order valence-corrected chi connectivity index (χ2v) is 20.3. The molecule has 0 atom stereocenters. The van der Waals surface area contributed by atoms with E-state index in [4.69, 9.17) is 0 Å². The summed E-state index contributed by atoms with van der Waals surface area (Å²) in [7, 11) is 0. The van der Waals surface area contributed by atoms with Crippen LogP contribution in [0.4, 0.5) is 0 Å². The summed E-state index contributed by atoms with van der Waals surface area (Å²) < 4.78 is 3.78. The van der Waals surface area contributed by atoms with Gasteiger partial charge in [0.15, 0.2) is 0 Å². The summed E-state index contributed by atoms with van der Waals surface area (Å²) in [6.45, 7) is 16.4. The molecule has 2 aliphatic carbocycles. The molecule has 2 aliphatic rings. The fourth-order valence-corrected chi connectivity index (χ4v) is 15.8. The Morgan fingerprint density at radius 2 is 1.11 bits per heavy atom. The number of hydrogen-bond donors (Lipinski definition) is 0. The minimum atomic E-state index is -2.72. The molecule has 0 unspecified atom stereocenters. The van der Waals surface area contributed by atoms with Gasteiger partial charge in [-0.1, -0.05) is 0 Å². The first kappa shape index (κ1) is 34.6. The maximum Gasteiger partial charge on any atom is -1.00 e. The summed E-state index contributed by atoms with van der Waals surface area (Å²) in [5.74, 6) is 0. The van der Waals surface area contributed by atoms with E-state index in [0.29, 0.717) is 3.63 Å². The molecule has 0 heterocycles. The van der Waals surface area contributed by atoms with E-state index >= 15 is 0 Å². The number of fused-ring (bicyclic) bond motifs is 3. The molecule has 0 fully saturated rings. The van der Waals surface area contributed by atoms with E-state index in [1.54, 1.807) is 17.6 Å². The van der Waals surface area contributed by atoms with Gasteiger partial charge in [0.2, 0.25) is 0 Å². The van der Waals surface area contributed by atoms with Crippen molar-refractivity contribution in [3.8, 4) is 11.1 Å². The summed E-state index contributed by atoms with van der Waals surface area (Å²) in [6, 6.07) is 37.5. The minimum absolute atomic E-state index is 0. The number of rotatable bonds is 5. The van der Waals surface area contributed by atoms with Gasteiger partial charge in [0.05, 0.1) is 0 Å². The molecule has 0 nitrogen and oxygen atoms in total. The van der Waals surface area contributed by atoms with Gasteiger partial charge in [0.1, 0.15) is 0 Å². The van der Waals surface area contributed by atoms with Crippen LogP contribution in [0.25, 0.3) is 11.1 Å². The molecule has 0 radical (unpaired) electrons. The summed E-state index contributed by atoms with van der Waals surface area (Å²) >= 11 is -2.72. The van der Waals surface area contributed by atoms with E-state index in [9.17, 15) is 0 Å². The first-order valence-electron chi connectivity index (χ1n) is 15.6. The first-order valence-corrected chi connectivity index (χ1v) is 19.5. The van der Waals surface area contributed by atoms with Crippen molar-refractivity contribution in [1.82, 2.24) is 0 Å². The zero-order valence-electron chi connectivity index (χ0n) is 27.1. The van der Waals surface area contributed by atoms with Gasteiger partial charge < -0.3 is 24.8 Å². The summed E-state index contributed by atoms with van der Waals surface area (Å²) in [6.07, 6.45) is 7.32. The fourth-order valence-electron chi connectivity index (χ4n) is 6.70. The predicted molar refractivity (Wildman–Crippen MR) is 178 cm³/mol. The Balaban J connectivity index is 0.00000221. The number of hydrogen-bond acceptors (Lipinski definition) is 0. The van der Waals surface area contributed by atoms with Crippen molar-refractivity contribution in [2.45, 2.75) is 75.8 Å². The molecule has 4 aromatic rings. The predicted octanol–water partition coefficient (Wildman–Crippen LogP) is 4.87. The number of benzene rings is 4. The monoisotopic (exact) mass is 696 g/mol. The second-order valence-electron chi connectivity index (χ2n) is 14.1. The van der Waals surface area contributed by atoms with E-state index in [2.05, 4.69) is 158 Å². The Kier molecular flexibility index (Phi) is 10.7. The SMILES string of the molecule is CCC1=CC[C]([Zr+2](=[C](c2ccccc2)c2ccccc2)[CH]2c3cc(C(C)(C)C)ccc3-c3ccc(C(C)(C)C)cc32)=C1.[Cl-].[Cl-]. The van der Waals surface area contributed by atoms with Crippen LogP contribution in [0, 0.1) is 0 Å². The van der Waals surface area contributed by atoms with Gasteiger partial charge in [0, 0.05) is 0 Å². The first-order chi connectivity index (χ1) is 20.1. The van der Waals surface area contributed by atoms with Crippen LogP contribution in [0.2, 0.25) is 0 Å². The molecule has 0 spiro atoms. The average molecular weight is 699 g/mol. The normalized spacial score (nSPS) is 13.9. The molecule has 0 aromatic heterocycles. The van der Waals surface area contributed by atoms with E-state index in [-0.39, 0.29) is 35.6 Å². The van der Waals surface area contributed by atoms with Crippen molar-refractivity contribution in [2.75, 3.05) is 0 Å². The minimum Gasteiger partial charge on any atom is -1.00 e. The topological polar surface area (TPSA) is 0 Å². The van der Waals surface area contributed by atoms with Crippen LogP contribution in [-0.2, 0) is 32.1 Å². The zero-order valence-corrected chi connectivity index (χ0v) is 31.1. The molecular formula is C41H44Cl2Zr. The fraction of sp³-hybridized carbons (Fsp3) is 0.293. The summed E-state index contributed by atoms with van der Waals surface area (Å²) in [5.41, 5.74) is 13.4. The third kappa shape index (κ3) is 6.63. The van der Waals surface area contributed by atoms with Gasteiger partial charge in [-0.2, -0.15) is 0 Å². The van der Waals surface area contributed by atoms with Crippen LogP contribution in [0.1, 0.15) is 98.3 Å².